The Morgan fingerprint density at radius 2 is 2.20 bits per heavy atom. The van der Waals surface area contributed by atoms with Crippen molar-refractivity contribution in [2.24, 2.45) is 0 Å². The van der Waals surface area contributed by atoms with Crippen LogP contribution in [0.5, 0.6) is 5.75 Å². The van der Waals surface area contributed by atoms with Gasteiger partial charge in [0.15, 0.2) is 17.4 Å². The first kappa shape index (κ1) is 14.1. The number of aliphatic hydroxyl groups is 1. The lowest BCUT2D eigenvalue weighted by Gasteiger charge is -2.17. The summed E-state index contributed by atoms with van der Waals surface area (Å²) in [6.45, 7) is 0. The molecular weight excluding hydrogens is 283 g/mol. The van der Waals surface area contributed by atoms with Gasteiger partial charge in [0.25, 0.3) is 0 Å². The number of pyridine rings is 1. The van der Waals surface area contributed by atoms with Gasteiger partial charge in [-0.15, -0.1) is 0 Å². The maximum atomic E-state index is 12.6. The molecule has 2 aromatic heterocycles. The van der Waals surface area contributed by atoms with E-state index in [-0.39, 0.29) is 5.52 Å². The van der Waals surface area contributed by atoms with Gasteiger partial charge >= 0.3 is 11.9 Å². The predicted molar refractivity (Wildman–Crippen MR) is 59.4 cm³/mol. The zero-order chi connectivity index (χ0) is 15.1. The van der Waals surface area contributed by atoms with Gasteiger partial charge in [0.2, 0.25) is 0 Å². The Morgan fingerprint density at radius 3 is 2.70 bits per heavy atom. The summed E-state index contributed by atoms with van der Waals surface area (Å²) in [5.74, 6) is -0.443. The van der Waals surface area contributed by atoms with E-state index in [0.717, 1.165) is 30.1 Å². The van der Waals surface area contributed by atoms with E-state index in [1.807, 2.05) is 0 Å². The van der Waals surface area contributed by atoms with Gasteiger partial charge in [0.1, 0.15) is 6.20 Å². The number of nitro groups is 1. The molecule has 0 bridgehead atoms. The first-order valence-electron chi connectivity index (χ1n) is 5.20. The molecular formula is C10H8F3N3O4. The Bertz CT molecular complexity index is 668. The van der Waals surface area contributed by atoms with E-state index in [9.17, 15) is 28.4 Å². The van der Waals surface area contributed by atoms with Gasteiger partial charge in [0.05, 0.1) is 12.0 Å². The minimum atomic E-state index is -4.92. The summed E-state index contributed by atoms with van der Waals surface area (Å²) in [4.78, 5) is 10.0. The van der Waals surface area contributed by atoms with Crippen LogP contribution in [0, 0.1) is 10.1 Å². The molecule has 1 N–H and O–H groups in total. The number of hydrogen-bond donors (Lipinski definition) is 1. The molecule has 20 heavy (non-hydrogen) atoms. The van der Waals surface area contributed by atoms with Crippen LogP contribution in [0.25, 0.3) is 5.52 Å². The van der Waals surface area contributed by atoms with Crippen LogP contribution in [0.1, 0.15) is 11.7 Å². The largest absolute Gasteiger partial charge is 0.494 e. The van der Waals surface area contributed by atoms with Gasteiger partial charge in [-0.3, -0.25) is 10.1 Å². The number of alkyl halides is 3. The van der Waals surface area contributed by atoms with Gasteiger partial charge in [-0.1, -0.05) is 0 Å². The van der Waals surface area contributed by atoms with Crippen LogP contribution in [-0.4, -0.2) is 32.9 Å². The molecule has 2 aromatic rings. The fourth-order valence-electron chi connectivity index (χ4n) is 1.79. The van der Waals surface area contributed by atoms with Gasteiger partial charge in [-0.05, 0) is 6.07 Å². The summed E-state index contributed by atoms with van der Waals surface area (Å²) in [6.07, 6.45) is -5.76. The van der Waals surface area contributed by atoms with Crippen LogP contribution in [0.3, 0.4) is 0 Å². The van der Waals surface area contributed by atoms with Crippen molar-refractivity contribution < 1.29 is 27.9 Å². The number of hydrogen-bond acceptors (Lipinski definition) is 5. The maximum Gasteiger partial charge on any atom is 0.418 e. The minimum Gasteiger partial charge on any atom is -0.494 e. The topological polar surface area (TPSA) is 89.9 Å². The second-order valence-electron chi connectivity index (χ2n) is 3.83. The first-order valence-corrected chi connectivity index (χ1v) is 5.20. The molecule has 2 rings (SSSR count). The van der Waals surface area contributed by atoms with Crippen molar-refractivity contribution in [3.8, 4) is 5.75 Å². The monoisotopic (exact) mass is 291 g/mol. The molecule has 108 valence electrons. The predicted octanol–water partition coefficient (Wildman–Crippen LogP) is 1.85. The molecule has 0 aliphatic carbocycles. The normalized spacial score (nSPS) is 13.4. The second kappa shape index (κ2) is 4.63. The van der Waals surface area contributed by atoms with Crippen LogP contribution in [-0.2, 0) is 0 Å². The van der Waals surface area contributed by atoms with Gasteiger partial charge < -0.3 is 9.84 Å². The highest BCUT2D eigenvalue weighted by Crippen LogP contribution is 2.40. The summed E-state index contributed by atoms with van der Waals surface area (Å²) in [5, 5.41) is 23.8. The highest BCUT2D eigenvalue weighted by Gasteiger charge is 2.42. The van der Waals surface area contributed by atoms with Crippen molar-refractivity contribution in [1.29, 1.82) is 0 Å². The summed E-state index contributed by atoms with van der Waals surface area (Å²) < 4.78 is 43.5. The Kier molecular flexibility index (Phi) is 3.26. The van der Waals surface area contributed by atoms with E-state index in [4.69, 9.17) is 4.74 Å². The fraction of sp³-hybridized carbons (Fsp3) is 0.300. The molecule has 10 heteroatoms. The third-order valence-electron chi connectivity index (χ3n) is 2.65. The Labute approximate surface area is 109 Å². The Hall–Kier alpha value is -2.36. The second-order valence-corrected chi connectivity index (χ2v) is 3.83. The Balaban J connectivity index is 2.75. The van der Waals surface area contributed by atoms with Gasteiger partial charge in [-0.2, -0.15) is 18.3 Å². The average molecular weight is 291 g/mol. The smallest absolute Gasteiger partial charge is 0.418 e. The molecule has 0 fully saturated rings. The average Bonchev–Trinajstić information content (AvgIpc) is 2.79. The molecule has 0 aliphatic heterocycles. The minimum absolute atomic E-state index is 0.252. The van der Waals surface area contributed by atoms with Crippen LogP contribution in [0.4, 0.5) is 18.9 Å². The van der Waals surface area contributed by atoms with Crippen molar-refractivity contribution in [3.63, 3.8) is 0 Å². The fourth-order valence-corrected chi connectivity index (χ4v) is 1.79. The highest BCUT2D eigenvalue weighted by atomic mass is 19.4. The zero-order valence-electron chi connectivity index (χ0n) is 9.96. The molecule has 0 amide bonds. The molecule has 0 spiro atoms. The van der Waals surface area contributed by atoms with E-state index >= 15 is 0 Å². The van der Waals surface area contributed by atoms with Gasteiger partial charge in [0, 0.05) is 11.8 Å². The zero-order valence-corrected chi connectivity index (χ0v) is 9.96. The molecule has 0 radical (unpaired) electrons. The van der Waals surface area contributed by atoms with E-state index in [0.29, 0.717) is 0 Å². The number of nitrogens with zero attached hydrogens (tertiary/aromatic N) is 3. The third kappa shape index (κ3) is 2.13. The number of halogens is 3. The van der Waals surface area contributed by atoms with E-state index < -0.39 is 34.2 Å². The van der Waals surface area contributed by atoms with E-state index in [1.165, 1.54) is 0 Å². The summed E-state index contributed by atoms with van der Waals surface area (Å²) in [6, 6.07) is 0.945. The highest BCUT2D eigenvalue weighted by molar-refractivity contribution is 5.75. The molecule has 2 heterocycles. The first-order chi connectivity index (χ1) is 9.27. The lowest BCUT2D eigenvalue weighted by Crippen LogP contribution is -2.21. The van der Waals surface area contributed by atoms with Crippen molar-refractivity contribution in [1.82, 2.24) is 9.61 Å². The molecule has 1 unspecified atom stereocenters. The number of aliphatic hydroxyl groups excluding tert-OH is 1. The molecule has 0 saturated heterocycles. The number of fused-ring (bicyclic) bond motifs is 1. The number of methoxy groups -OCH3 is 1. The maximum absolute atomic E-state index is 12.6. The van der Waals surface area contributed by atoms with Crippen molar-refractivity contribution >= 4 is 11.2 Å². The lowest BCUT2D eigenvalue weighted by molar-refractivity contribution is -0.383. The van der Waals surface area contributed by atoms with Crippen LogP contribution in [0.2, 0.25) is 0 Å². The lowest BCUT2D eigenvalue weighted by atomic mass is 10.1. The van der Waals surface area contributed by atoms with E-state index in [2.05, 4.69) is 5.10 Å². The van der Waals surface area contributed by atoms with Crippen molar-refractivity contribution in [2.75, 3.05) is 7.11 Å². The quantitative estimate of drug-likeness (QED) is 0.688. The molecule has 7 nitrogen and oxygen atoms in total. The van der Waals surface area contributed by atoms with Crippen LogP contribution >= 0.6 is 0 Å². The van der Waals surface area contributed by atoms with E-state index in [1.54, 1.807) is 0 Å². The van der Waals surface area contributed by atoms with Crippen LogP contribution in [0.15, 0.2) is 18.5 Å². The Morgan fingerprint density at radius 1 is 1.55 bits per heavy atom. The molecule has 1 atom stereocenters. The number of ether oxygens (including phenoxy) is 1. The number of rotatable bonds is 3. The van der Waals surface area contributed by atoms with Crippen molar-refractivity contribution in [3.05, 3.63) is 34.1 Å². The number of aromatic nitrogens is 2. The van der Waals surface area contributed by atoms with Crippen LogP contribution < -0.4 is 4.74 Å². The van der Waals surface area contributed by atoms with Gasteiger partial charge in [-0.25, -0.2) is 4.52 Å². The van der Waals surface area contributed by atoms with Crippen molar-refractivity contribution in [2.45, 2.75) is 12.3 Å². The summed E-state index contributed by atoms with van der Waals surface area (Å²) in [5.41, 5.74) is -1.38. The SMILES string of the molecule is COc1c(C(O)C(F)(F)F)ccn2ncc([N+](=O)[O-])c12. The standard InChI is InChI=1S/C10H8F3N3O4/c1-20-8-5(9(17)10(11,12)13)2-3-15-7(8)6(4-14-15)16(18)19/h2-4,9,17H,1H3. The summed E-state index contributed by atoms with van der Waals surface area (Å²) >= 11 is 0. The molecule has 0 aliphatic rings. The molecule has 0 aromatic carbocycles. The third-order valence-corrected chi connectivity index (χ3v) is 2.65. The summed E-state index contributed by atoms with van der Waals surface area (Å²) in [7, 11) is 1.05. The molecule has 0 saturated carbocycles.